The third-order valence-electron chi connectivity index (χ3n) is 2.24. The zero-order valence-corrected chi connectivity index (χ0v) is 9.03. The average molecular weight is 208 g/mol. The van der Waals surface area contributed by atoms with Gasteiger partial charge in [0.25, 0.3) is 5.91 Å². The highest BCUT2D eigenvalue weighted by Gasteiger charge is 2.13. The molecule has 1 amide bonds. The Bertz CT molecular complexity index is 339. The predicted molar refractivity (Wildman–Crippen MR) is 59.8 cm³/mol. The second-order valence-corrected chi connectivity index (χ2v) is 3.29. The maximum atomic E-state index is 11.9. The standard InChI is InChI=1S/C11H16N2O2/c1-3-13(4-2)11(15)8-5-9(12)7-10(14)6-8/h5-7,14H,3-4,12H2,1-2H3. The minimum atomic E-state index is -0.109. The zero-order chi connectivity index (χ0) is 11.4. The Balaban J connectivity index is 3.00. The summed E-state index contributed by atoms with van der Waals surface area (Å²) in [6, 6.07) is 4.41. The van der Waals surface area contributed by atoms with E-state index in [0.29, 0.717) is 24.3 Å². The molecule has 0 heterocycles. The van der Waals surface area contributed by atoms with Gasteiger partial charge in [-0.15, -0.1) is 0 Å². The van der Waals surface area contributed by atoms with Crippen molar-refractivity contribution in [3.8, 4) is 5.75 Å². The topological polar surface area (TPSA) is 66.6 Å². The molecular formula is C11H16N2O2. The van der Waals surface area contributed by atoms with Gasteiger partial charge in [-0.3, -0.25) is 4.79 Å². The summed E-state index contributed by atoms with van der Waals surface area (Å²) in [7, 11) is 0. The van der Waals surface area contributed by atoms with Crippen LogP contribution in [-0.4, -0.2) is 29.0 Å². The molecule has 0 bridgehead atoms. The van der Waals surface area contributed by atoms with Crippen LogP contribution >= 0.6 is 0 Å². The van der Waals surface area contributed by atoms with Crippen molar-refractivity contribution in [3.63, 3.8) is 0 Å². The van der Waals surface area contributed by atoms with E-state index in [1.54, 1.807) is 11.0 Å². The van der Waals surface area contributed by atoms with E-state index in [1.807, 2.05) is 13.8 Å². The Labute approximate surface area is 89.3 Å². The number of hydrogen-bond donors (Lipinski definition) is 2. The summed E-state index contributed by atoms with van der Waals surface area (Å²) in [6.45, 7) is 5.11. The van der Waals surface area contributed by atoms with E-state index >= 15 is 0 Å². The number of nitrogens with zero attached hydrogens (tertiary/aromatic N) is 1. The maximum Gasteiger partial charge on any atom is 0.254 e. The van der Waals surface area contributed by atoms with Gasteiger partial charge < -0.3 is 15.7 Å². The number of carbonyl (C=O) groups excluding carboxylic acids is 1. The van der Waals surface area contributed by atoms with Crippen molar-refractivity contribution in [2.24, 2.45) is 0 Å². The van der Waals surface area contributed by atoms with Gasteiger partial charge in [0.15, 0.2) is 0 Å². The van der Waals surface area contributed by atoms with E-state index in [1.165, 1.54) is 12.1 Å². The smallest absolute Gasteiger partial charge is 0.254 e. The molecule has 0 spiro atoms. The first-order valence-corrected chi connectivity index (χ1v) is 4.97. The molecule has 0 aliphatic rings. The molecule has 3 N–H and O–H groups in total. The van der Waals surface area contributed by atoms with Crippen molar-refractivity contribution in [2.75, 3.05) is 18.8 Å². The van der Waals surface area contributed by atoms with E-state index in [9.17, 15) is 9.90 Å². The third-order valence-corrected chi connectivity index (χ3v) is 2.24. The number of nitrogen functional groups attached to an aromatic ring is 1. The lowest BCUT2D eigenvalue weighted by molar-refractivity contribution is 0.0772. The van der Waals surface area contributed by atoms with Crippen molar-refractivity contribution >= 4 is 11.6 Å². The van der Waals surface area contributed by atoms with Crippen LogP contribution in [0.3, 0.4) is 0 Å². The number of nitrogens with two attached hydrogens (primary N) is 1. The summed E-state index contributed by atoms with van der Waals surface area (Å²) in [5.41, 5.74) is 6.37. The Morgan fingerprint density at radius 3 is 2.40 bits per heavy atom. The Morgan fingerprint density at radius 1 is 1.33 bits per heavy atom. The largest absolute Gasteiger partial charge is 0.508 e. The second-order valence-electron chi connectivity index (χ2n) is 3.29. The van der Waals surface area contributed by atoms with E-state index in [2.05, 4.69) is 0 Å². The SMILES string of the molecule is CCN(CC)C(=O)c1cc(N)cc(O)c1. The molecule has 0 saturated carbocycles. The summed E-state index contributed by atoms with van der Waals surface area (Å²) in [4.78, 5) is 13.5. The molecule has 0 fully saturated rings. The van der Waals surface area contributed by atoms with Crippen LogP contribution in [0, 0.1) is 0 Å². The third kappa shape index (κ3) is 2.62. The van der Waals surface area contributed by atoms with E-state index in [4.69, 9.17) is 5.73 Å². The maximum absolute atomic E-state index is 11.9. The second kappa shape index (κ2) is 4.68. The van der Waals surface area contributed by atoms with Crippen LogP contribution in [0.15, 0.2) is 18.2 Å². The highest BCUT2D eigenvalue weighted by molar-refractivity contribution is 5.95. The average Bonchev–Trinajstić information content (AvgIpc) is 2.18. The fourth-order valence-corrected chi connectivity index (χ4v) is 1.45. The molecule has 0 aliphatic heterocycles. The first-order valence-electron chi connectivity index (χ1n) is 4.97. The van der Waals surface area contributed by atoms with Crippen molar-refractivity contribution in [2.45, 2.75) is 13.8 Å². The van der Waals surface area contributed by atoms with Gasteiger partial charge in [0.05, 0.1) is 0 Å². The summed E-state index contributed by atoms with van der Waals surface area (Å²) in [6.07, 6.45) is 0. The van der Waals surface area contributed by atoms with Gasteiger partial charge in [-0.2, -0.15) is 0 Å². The Hall–Kier alpha value is -1.71. The number of phenols is 1. The molecule has 0 aliphatic carbocycles. The molecule has 82 valence electrons. The summed E-state index contributed by atoms with van der Waals surface area (Å²) in [5.74, 6) is -0.0897. The lowest BCUT2D eigenvalue weighted by Gasteiger charge is -2.18. The normalized spacial score (nSPS) is 10.0. The van der Waals surface area contributed by atoms with E-state index in [0.717, 1.165) is 0 Å². The highest BCUT2D eigenvalue weighted by Crippen LogP contribution is 2.18. The molecule has 4 heteroatoms. The van der Waals surface area contributed by atoms with Crippen LogP contribution in [0.4, 0.5) is 5.69 Å². The number of amides is 1. The van der Waals surface area contributed by atoms with Gasteiger partial charge >= 0.3 is 0 Å². The lowest BCUT2D eigenvalue weighted by atomic mass is 10.1. The minimum Gasteiger partial charge on any atom is -0.508 e. The summed E-state index contributed by atoms with van der Waals surface area (Å²) < 4.78 is 0. The van der Waals surface area contributed by atoms with Crippen LogP contribution in [0.2, 0.25) is 0 Å². The van der Waals surface area contributed by atoms with Gasteiger partial charge in [0.2, 0.25) is 0 Å². The van der Waals surface area contributed by atoms with Crippen LogP contribution in [0.5, 0.6) is 5.75 Å². The molecule has 4 nitrogen and oxygen atoms in total. The van der Waals surface area contributed by atoms with E-state index in [-0.39, 0.29) is 11.7 Å². The quantitative estimate of drug-likeness (QED) is 0.739. The number of phenolic OH excluding ortho intramolecular Hbond substituents is 1. The molecule has 0 unspecified atom stereocenters. The Kier molecular flexibility index (Phi) is 3.55. The number of carbonyl (C=O) groups is 1. The number of anilines is 1. The number of hydrogen-bond acceptors (Lipinski definition) is 3. The molecule has 1 rings (SSSR count). The summed E-state index contributed by atoms with van der Waals surface area (Å²) in [5, 5.41) is 9.32. The molecule has 1 aromatic carbocycles. The molecule has 15 heavy (non-hydrogen) atoms. The van der Waals surface area contributed by atoms with Crippen LogP contribution in [-0.2, 0) is 0 Å². The zero-order valence-electron chi connectivity index (χ0n) is 9.03. The fourth-order valence-electron chi connectivity index (χ4n) is 1.45. The van der Waals surface area contributed by atoms with Gasteiger partial charge in [-0.05, 0) is 26.0 Å². The first-order chi connectivity index (χ1) is 7.08. The van der Waals surface area contributed by atoms with Gasteiger partial charge in [0, 0.05) is 30.4 Å². The van der Waals surface area contributed by atoms with Gasteiger partial charge in [0.1, 0.15) is 5.75 Å². The van der Waals surface area contributed by atoms with Crippen LogP contribution in [0.25, 0.3) is 0 Å². The van der Waals surface area contributed by atoms with Gasteiger partial charge in [-0.1, -0.05) is 0 Å². The molecular weight excluding hydrogens is 192 g/mol. The molecule has 1 aromatic rings. The van der Waals surface area contributed by atoms with Crippen molar-refractivity contribution in [1.82, 2.24) is 4.90 Å². The van der Waals surface area contributed by atoms with E-state index < -0.39 is 0 Å². The van der Waals surface area contributed by atoms with Crippen molar-refractivity contribution in [1.29, 1.82) is 0 Å². The minimum absolute atomic E-state index is 0.0190. The number of benzene rings is 1. The molecule has 0 aromatic heterocycles. The van der Waals surface area contributed by atoms with Crippen LogP contribution < -0.4 is 5.73 Å². The number of aromatic hydroxyl groups is 1. The molecule has 0 atom stereocenters. The monoisotopic (exact) mass is 208 g/mol. The fraction of sp³-hybridized carbons (Fsp3) is 0.364. The van der Waals surface area contributed by atoms with Crippen molar-refractivity contribution in [3.05, 3.63) is 23.8 Å². The predicted octanol–water partition coefficient (Wildman–Crippen LogP) is 1.46. The van der Waals surface area contributed by atoms with Gasteiger partial charge in [-0.25, -0.2) is 0 Å². The van der Waals surface area contributed by atoms with Crippen molar-refractivity contribution < 1.29 is 9.90 Å². The molecule has 0 radical (unpaired) electrons. The van der Waals surface area contributed by atoms with Crippen LogP contribution in [0.1, 0.15) is 24.2 Å². The lowest BCUT2D eigenvalue weighted by Crippen LogP contribution is -2.30. The first kappa shape index (κ1) is 11.4. The number of rotatable bonds is 3. The molecule has 0 saturated heterocycles. The Morgan fingerprint density at radius 2 is 1.93 bits per heavy atom. The summed E-state index contributed by atoms with van der Waals surface area (Å²) >= 11 is 0. The highest BCUT2D eigenvalue weighted by atomic mass is 16.3.